The van der Waals surface area contributed by atoms with E-state index < -0.39 is 0 Å². The lowest BCUT2D eigenvalue weighted by Crippen LogP contribution is -2.51. The molecule has 2 heteroatoms. The van der Waals surface area contributed by atoms with E-state index in [1.54, 1.807) is 5.57 Å². The predicted molar refractivity (Wildman–Crippen MR) is 168 cm³/mol. The number of allylic oxidation sites excluding steroid dienone is 1. The van der Waals surface area contributed by atoms with Crippen LogP contribution >= 0.6 is 0 Å². The first-order chi connectivity index (χ1) is 18.2. The summed E-state index contributed by atoms with van der Waals surface area (Å²) in [4.78, 5) is 12.6. The van der Waals surface area contributed by atoms with Crippen LogP contribution in [0.2, 0.25) is 0 Å². The number of fused-ring (bicyclic) bond motifs is 5. The van der Waals surface area contributed by atoms with Gasteiger partial charge in [-0.2, -0.15) is 0 Å². The normalized spacial score (nSPS) is 36.3. The smallest absolute Gasteiger partial charge is 0.306 e. The van der Waals surface area contributed by atoms with Crippen molar-refractivity contribution >= 4 is 5.97 Å². The second kappa shape index (κ2) is 14.4. The average molecular weight is 543 g/mol. The Kier molecular flexibility index (Phi) is 12.1. The van der Waals surface area contributed by atoms with Crippen LogP contribution in [0.25, 0.3) is 0 Å². The summed E-state index contributed by atoms with van der Waals surface area (Å²) in [6.07, 6.45) is 25.3. The number of rotatable bonds is 13. The zero-order valence-corrected chi connectivity index (χ0v) is 26.2. The maximum atomic E-state index is 12.6. The lowest BCUT2D eigenvalue weighted by Gasteiger charge is -2.58. The Morgan fingerprint density at radius 1 is 0.923 bits per heavy atom. The molecule has 0 saturated heterocycles. The molecule has 3 saturated carbocycles. The Morgan fingerprint density at radius 2 is 1.67 bits per heavy atom. The van der Waals surface area contributed by atoms with Crippen molar-refractivity contribution in [2.24, 2.45) is 46.3 Å². The van der Waals surface area contributed by atoms with Crippen molar-refractivity contribution < 1.29 is 9.53 Å². The molecule has 39 heavy (non-hydrogen) atoms. The van der Waals surface area contributed by atoms with Crippen LogP contribution in [0.15, 0.2) is 11.6 Å². The predicted octanol–water partition coefficient (Wildman–Crippen LogP) is 11.3. The molecule has 2 nitrogen and oxygen atoms in total. The minimum atomic E-state index is 0. The van der Waals surface area contributed by atoms with Gasteiger partial charge in [-0.1, -0.05) is 112 Å². The Balaban J connectivity index is 0.00000420. The standard InChI is InChI=1S/C36H62O2.CH4/c1-7-8-9-10-11-12-16-34(37)38-29-21-23-35(5)28(25-29)17-18-30-32-20-19-31(27(4)15-13-14-26(2)3)36(32,6)24-22-33(30)35;/h17,26-27,29-33H,7-16,18-25H2,1-6H3;1H4/t27-,29+,30+,31-,32+,33+,35+,36-;/m1./s1. The average Bonchev–Trinajstić information content (AvgIpc) is 3.23. The Hall–Kier alpha value is -0.790. The molecule has 0 aromatic heterocycles. The third-order valence-corrected chi connectivity index (χ3v) is 12.3. The summed E-state index contributed by atoms with van der Waals surface area (Å²) in [5, 5.41) is 0. The number of hydrogen-bond acceptors (Lipinski definition) is 2. The highest BCUT2D eigenvalue weighted by Crippen LogP contribution is 2.67. The van der Waals surface area contributed by atoms with Crippen molar-refractivity contribution in [2.75, 3.05) is 0 Å². The third kappa shape index (κ3) is 7.35. The van der Waals surface area contributed by atoms with E-state index in [1.807, 2.05) is 0 Å². The third-order valence-electron chi connectivity index (χ3n) is 12.3. The van der Waals surface area contributed by atoms with Crippen LogP contribution < -0.4 is 0 Å². The number of carbonyl (C=O) groups excluding carboxylic acids is 1. The summed E-state index contributed by atoms with van der Waals surface area (Å²) >= 11 is 0. The highest BCUT2D eigenvalue weighted by molar-refractivity contribution is 5.69. The molecule has 226 valence electrons. The maximum Gasteiger partial charge on any atom is 0.306 e. The summed E-state index contributed by atoms with van der Waals surface area (Å²) in [6.45, 7) is 14.9. The summed E-state index contributed by atoms with van der Waals surface area (Å²) in [6, 6.07) is 0. The fourth-order valence-electron chi connectivity index (χ4n) is 10.0. The zero-order valence-electron chi connectivity index (χ0n) is 26.2. The second-order valence-electron chi connectivity index (χ2n) is 15.2. The largest absolute Gasteiger partial charge is 0.462 e. The number of ether oxygens (including phenoxy) is 1. The van der Waals surface area contributed by atoms with E-state index in [9.17, 15) is 4.79 Å². The quantitative estimate of drug-likeness (QED) is 0.131. The van der Waals surface area contributed by atoms with Gasteiger partial charge >= 0.3 is 5.97 Å². The molecule has 0 radical (unpaired) electrons. The van der Waals surface area contributed by atoms with E-state index in [-0.39, 0.29) is 19.5 Å². The van der Waals surface area contributed by atoms with E-state index in [4.69, 9.17) is 4.74 Å². The Morgan fingerprint density at radius 3 is 2.41 bits per heavy atom. The molecule has 0 N–H and O–H groups in total. The molecular weight excluding hydrogens is 476 g/mol. The fourth-order valence-corrected chi connectivity index (χ4v) is 10.0. The van der Waals surface area contributed by atoms with Gasteiger partial charge in [0.15, 0.2) is 0 Å². The Labute approximate surface area is 243 Å². The SMILES string of the molecule is C.CCCCCCCCC(=O)O[C@H]1CC[C@@]2(C)C(=CC[C@H]3[C@@H]4CC[C@H]([C@H](C)CCCC(C)C)[C@@]4(C)CC[C@@H]32)C1. The molecule has 8 atom stereocenters. The van der Waals surface area contributed by atoms with Gasteiger partial charge in [0.25, 0.3) is 0 Å². The van der Waals surface area contributed by atoms with Crippen LogP contribution in [0.4, 0.5) is 0 Å². The monoisotopic (exact) mass is 543 g/mol. The van der Waals surface area contributed by atoms with Gasteiger partial charge in [-0.05, 0) is 97.7 Å². The van der Waals surface area contributed by atoms with Crippen LogP contribution in [-0.4, -0.2) is 12.1 Å². The molecule has 0 aromatic carbocycles. The molecule has 0 bridgehead atoms. The minimum absolute atomic E-state index is 0. The van der Waals surface area contributed by atoms with Gasteiger partial charge in [0.05, 0.1) is 0 Å². The molecule has 0 unspecified atom stereocenters. The lowest BCUT2D eigenvalue weighted by atomic mass is 9.47. The molecule has 0 amide bonds. The highest BCUT2D eigenvalue weighted by Gasteiger charge is 2.59. The molecular formula is C37H66O2. The topological polar surface area (TPSA) is 26.3 Å². The molecule has 4 rings (SSSR count). The van der Waals surface area contributed by atoms with E-state index >= 15 is 0 Å². The Bertz CT molecular complexity index is 797. The van der Waals surface area contributed by atoms with Gasteiger partial charge in [-0.3, -0.25) is 4.79 Å². The zero-order chi connectivity index (χ0) is 27.3. The van der Waals surface area contributed by atoms with Crippen LogP contribution in [-0.2, 0) is 9.53 Å². The first-order valence-corrected chi connectivity index (χ1v) is 17.1. The summed E-state index contributed by atoms with van der Waals surface area (Å²) < 4.78 is 6.04. The van der Waals surface area contributed by atoms with Crippen molar-refractivity contribution in [3.8, 4) is 0 Å². The minimum Gasteiger partial charge on any atom is -0.462 e. The van der Waals surface area contributed by atoms with Crippen molar-refractivity contribution in [1.29, 1.82) is 0 Å². The maximum absolute atomic E-state index is 12.6. The number of hydrogen-bond donors (Lipinski definition) is 0. The van der Waals surface area contributed by atoms with Gasteiger partial charge in [0.2, 0.25) is 0 Å². The molecule has 3 fully saturated rings. The van der Waals surface area contributed by atoms with Gasteiger partial charge < -0.3 is 4.74 Å². The van der Waals surface area contributed by atoms with Crippen molar-refractivity contribution in [3.63, 3.8) is 0 Å². The molecule has 0 spiro atoms. The first kappa shape index (κ1) is 32.7. The summed E-state index contributed by atoms with van der Waals surface area (Å²) in [5.74, 6) is 5.34. The van der Waals surface area contributed by atoms with E-state index in [0.717, 1.165) is 54.8 Å². The number of unbranched alkanes of at least 4 members (excludes halogenated alkanes) is 5. The summed E-state index contributed by atoms with van der Waals surface area (Å²) in [5.41, 5.74) is 2.54. The van der Waals surface area contributed by atoms with Gasteiger partial charge in [0, 0.05) is 12.8 Å². The van der Waals surface area contributed by atoms with E-state index in [1.165, 1.54) is 89.9 Å². The first-order valence-electron chi connectivity index (χ1n) is 17.1. The molecule has 4 aliphatic rings. The molecule has 0 heterocycles. The molecule has 0 aromatic rings. The van der Waals surface area contributed by atoms with Crippen LogP contribution in [0.5, 0.6) is 0 Å². The van der Waals surface area contributed by atoms with Crippen molar-refractivity contribution in [3.05, 3.63) is 11.6 Å². The molecule has 4 aliphatic carbocycles. The lowest BCUT2D eigenvalue weighted by molar-refractivity contribution is -0.151. The van der Waals surface area contributed by atoms with Crippen molar-refractivity contribution in [2.45, 2.75) is 171 Å². The van der Waals surface area contributed by atoms with Gasteiger partial charge in [0.1, 0.15) is 6.10 Å². The highest BCUT2D eigenvalue weighted by atomic mass is 16.5. The van der Waals surface area contributed by atoms with Gasteiger partial charge in [-0.25, -0.2) is 0 Å². The molecule has 0 aliphatic heterocycles. The summed E-state index contributed by atoms with van der Waals surface area (Å²) in [7, 11) is 0. The van der Waals surface area contributed by atoms with E-state index in [2.05, 4.69) is 47.6 Å². The van der Waals surface area contributed by atoms with Crippen molar-refractivity contribution in [1.82, 2.24) is 0 Å². The van der Waals surface area contributed by atoms with Crippen LogP contribution in [0.3, 0.4) is 0 Å². The van der Waals surface area contributed by atoms with E-state index in [0.29, 0.717) is 17.3 Å². The fraction of sp³-hybridized carbons (Fsp3) is 0.919. The van der Waals surface area contributed by atoms with Gasteiger partial charge in [-0.15, -0.1) is 0 Å². The van der Waals surface area contributed by atoms with Crippen LogP contribution in [0, 0.1) is 46.3 Å². The van der Waals surface area contributed by atoms with Crippen LogP contribution in [0.1, 0.15) is 165 Å². The number of esters is 1. The number of carbonyl (C=O) groups is 1. The second-order valence-corrected chi connectivity index (χ2v) is 15.2.